The van der Waals surface area contributed by atoms with E-state index in [0.29, 0.717) is 18.1 Å². The zero-order valence-corrected chi connectivity index (χ0v) is 12.4. The van der Waals surface area contributed by atoms with Crippen molar-refractivity contribution in [2.45, 2.75) is 43.6 Å². The third kappa shape index (κ3) is 3.45. The maximum atomic E-state index is 11.7. The summed E-state index contributed by atoms with van der Waals surface area (Å²) in [6.07, 6.45) is 3.04. The van der Waals surface area contributed by atoms with Crippen LogP contribution in [0, 0.1) is 0 Å². The van der Waals surface area contributed by atoms with Crippen LogP contribution in [0.3, 0.4) is 0 Å². The van der Waals surface area contributed by atoms with Crippen LogP contribution >= 0.6 is 24.0 Å². The first-order valence-electron chi connectivity index (χ1n) is 5.85. The highest BCUT2D eigenvalue weighted by atomic mass is 32.2. The molecule has 6 heteroatoms. The van der Waals surface area contributed by atoms with E-state index in [-0.39, 0.29) is 11.5 Å². The van der Waals surface area contributed by atoms with Crippen LogP contribution in [0.1, 0.15) is 47.7 Å². The van der Waals surface area contributed by atoms with Gasteiger partial charge in [-0.15, -0.1) is 11.3 Å². The molecule has 0 radical (unpaired) electrons. The summed E-state index contributed by atoms with van der Waals surface area (Å²) in [7, 11) is -2.98. The molecule has 0 unspecified atom stereocenters. The fraction of sp³-hybridized carbons (Fsp3) is 0.727. The molecule has 0 atom stereocenters. The summed E-state index contributed by atoms with van der Waals surface area (Å²) >= 11 is 5.80. The summed E-state index contributed by atoms with van der Waals surface area (Å²) in [6.45, 7) is 1.88. The monoisotopic (exact) mass is 291 g/mol. The average molecular weight is 291 g/mol. The van der Waals surface area contributed by atoms with E-state index in [9.17, 15) is 8.42 Å². The lowest BCUT2D eigenvalue weighted by atomic mass is 10.3. The number of hydrogen-bond donors (Lipinski definition) is 1. The molecule has 17 heavy (non-hydrogen) atoms. The summed E-state index contributed by atoms with van der Waals surface area (Å²) in [4.78, 5) is 5.65. The minimum absolute atomic E-state index is 0.0962. The van der Waals surface area contributed by atoms with Gasteiger partial charge in [-0.3, -0.25) is 0 Å². The molecule has 0 spiro atoms. The lowest BCUT2D eigenvalue weighted by Crippen LogP contribution is -2.08. The van der Waals surface area contributed by atoms with Gasteiger partial charge in [-0.1, -0.05) is 6.92 Å². The minimum Gasteiger partial charge on any atom is -0.245 e. The molecule has 96 valence electrons. The Morgan fingerprint density at radius 2 is 2.18 bits per heavy atom. The van der Waals surface area contributed by atoms with Crippen LogP contribution < -0.4 is 0 Å². The lowest BCUT2D eigenvalue weighted by molar-refractivity contribution is 0.593. The van der Waals surface area contributed by atoms with E-state index in [1.54, 1.807) is 0 Å². The molecule has 0 bridgehead atoms. The highest BCUT2D eigenvalue weighted by molar-refractivity contribution is 7.90. The predicted octanol–water partition coefficient (Wildman–Crippen LogP) is 2.78. The average Bonchev–Trinajstić information content (AvgIpc) is 3.00. The quantitative estimate of drug-likeness (QED) is 0.820. The number of aromatic nitrogens is 1. The van der Waals surface area contributed by atoms with E-state index < -0.39 is 9.84 Å². The van der Waals surface area contributed by atoms with Crippen LogP contribution in [0.2, 0.25) is 0 Å². The van der Waals surface area contributed by atoms with Crippen molar-refractivity contribution in [3.8, 4) is 0 Å². The molecule has 1 aliphatic carbocycles. The standard InChI is InChI=1S/C11H17NO2S3/c1-2-5-17(13,14)7-10-12-11(8-3-4-8)9(6-15)16-10/h8,15H,2-7H2,1H3. The number of nitrogens with zero attached hydrogens (tertiary/aromatic N) is 1. The second kappa shape index (κ2) is 5.28. The summed E-state index contributed by atoms with van der Waals surface area (Å²) in [5.74, 6) is 1.58. The third-order valence-electron chi connectivity index (χ3n) is 2.74. The van der Waals surface area contributed by atoms with Crippen molar-refractivity contribution >= 4 is 33.8 Å². The first-order chi connectivity index (χ1) is 8.05. The minimum atomic E-state index is -2.98. The van der Waals surface area contributed by atoms with Crippen LogP contribution in [0.4, 0.5) is 0 Å². The maximum Gasteiger partial charge on any atom is 0.156 e. The van der Waals surface area contributed by atoms with Crippen LogP contribution in [-0.2, 0) is 21.3 Å². The molecule has 0 aromatic carbocycles. The van der Waals surface area contributed by atoms with Gasteiger partial charge in [-0.05, 0) is 19.3 Å². The van der Waals surface area contributed by atoms with Crippen LogP contribution in [0.25, 0.3) is 0 Å². The van der Waals surface area contributed by atoms with Crippen molar-refractivity contribution in [3.63, 3.8) is 0 Å². The fourth-order valence-electron chi connectivity index (χ4n) is 1.84. The fourth-order valence-corrected chi connectivity index (χ4v) is 4.98. The number of rotatable bonds is 6. The molecule has 2 rings (SSSR count). The number of hydrogen-bond acceptors (Lipinski definition) is 5. The third-order valence-corrected chi connectivity index (χ3v) is 6.27. The van der Waals surface area contributed by atoms with Gasteiger partial charge >= 0.3 is 0 Å². The Hall–Kier alpha value is -0.0700. The van der Waals surface area contributed by atoms with Crippen molar-refractivity contribution in [1.29, 1.82) is 0 Å². The summed E-state index contributed by atoms with van der Waals surface area (Å²) in [5, 5.41) is 0.740. The van der Waals surface area contributed by atoms with E-state index in [2.05, 4.69) is 17.6 Å². The van der Waals surface area contributed by atoms with Crippen LogP contribution in [-0.4, -0.2) is 19.2 Å². The second-order valence-corrected chi connectivity index (χ2v) is 8.11. The molecule has 3 nitrogen and oxygen atoms in total. The van der Waals surface area contributed by atoms with Gasteiger partial charge in [-0.25, -0.2) is 13.4 Å². The van der Waals surface area contributed by atoms with Crippen molar-refractivity contribution < 1.29 is 8.42 Å². The van der Waals surface area contributed by atoms with Crippen molar-refractivity contribution in [2.24, 2.45) is 0 Å². The molecule has 1 aromatic heterocycles. The number of thiazole rings is 1. The lowest BCUT2D eigenvalue weighted by Gasteiger charge is -1.98. The highest BCUT2D eigenvalue weighted by Gasteiger charge is 2.29. The molecule has 1 heterocycles. The van der Waals surface area contributed by atoms with E-state index in [1.807, 2.05) is 6.92 Å². The van der Waals surface area contributed by atoms with Crippen molar-refractivity contribution in [1.82, 2.24) is 4.98 Å². The SMILES string of the molecule is CCCS(=O)(=O)Cc1nc(C2CC2)c(CS)s1. The van der Waals surface area contributed by atoms with Gasteiger partial charge in [0.25, 0.3) is 0 Å². The zero-order chi connectivity index (χ0) is 12.5. The first kappa shape index (κ1) is 13.4. The van der Waals surface area contributed by atoms with Crippen molar-refractivity contribution in [2.75, 3.05) is 5.75 Å². The van der Waals surface area contributed by atoms with Gasteiger partial charge in [0.1, 0.15) is 10.8 Å². The molecule has 1 aromatic rings. The zero-order valence-electron chi connectivity index (χ0n) is 9.85. The van der Waals surface area contributed by atoms with Gasteiger partial charge in [0, 0.05) is 16.5 Å². The van der Waals surface area contributed by atoms with Gasteiger partial charge in [0.05, 0.1) is 11.4 Å². The topological polar surface area (TPSA) is 47.0 Å². The molecular formula is C11H17NO2S3. The molecule has 0 aliphatic heterocycles. The Bertz CT molecular complexity index is 489. The molecular weight excluding hydrogens is 274 g/mol. The van der Waals surface area contributed by atoms with Crippen molar-refractivity contribution in [3.05, 3.63) is 15.6 Å². The van der Waals surface area contributed by atoms with E-state index in [1.165, 1.54) is 24.2 Å². The Kier molecular flexibility index (Phi) is 4.15. The van der Waals surface area contributed by atoms with Gasteiger partial charge in [0.15, 0.2) is 9.84 Å². The summed E-state index contributed by atoms with van der Waals surface area (Å²) < 4.78 is 23.5. The smallest absolute Gasteiger partial charge is 0.156 e. The summed E-state index contributed by atoms with van der Waals surface area (Å²) in [6, 6.07) is 0. The van der Waals surface area contributed by atoms with E-state index in [0.717, 1.165) is 15.6 Å². The molecule has 1 saturated carbocycles. The van der Waals surface area contributed by atoms with Gasteiger partial charge < -0.3 is 0 Å². The Labute approximate surface area is 112 Å². The Balaban J connectivity index is 2.16. The Morgan fingerprint density at radius 3 is 2.71 bits per heavy atom. The van der Waals surface area contributed by atoms with Gasteiger partial charge in [0.2, 0.25) is 0 Å². The number of thiol groups is 1. The van der Waals surface area contributed by atoms with Gasteiger partial charge in [-0.2, -0.15) is 12.6 Å². The largest absolute Gasteiger partial charge is 0.245 e. The van der Waals surface area contributed by atoms with E-state index >= 15 is 0 Å². The van der Waals surface area contributed by atoms with Crippen LogP contribution in [0.5, 0.6) is 0 Å². The molecule has 0 saturated heterocycles. The maximum absolute atomic E-state index is 11.7. The normalized spacial score (nSPS) is 16.4. The molecule has 1 aliphatic rings. The highest BCUT2D eigenvalue weighted by Crippen LogP contribution is 2.43. The summed E-state index contributed by atoms with van der Waals surface area (Å²) in [5.41, 5.74) is 1.10. The first-order valence-corrected chi connectivity index (χ1v) is 9.12. The molecule has 0 amide bonds. The Morgan fingerprint density at radius 1 is 1.47 bits per heavy atom. The molecule has 1 fully saturated rings. The number of sulfone groups is 1. The van der Waals surface area contributed by atoms with Crippen LogP contribution in [0.15, 0.2) is 0 Å². The predicted molar refractivity (Wildman–Crippen MR) is 74.6 cm³/mol. The second-order valence-electron chi connectivity index (χ2n) is 4.44. The molecule has 0 N–H and O–H groups in total. The van der Waals surface area contributed by atoms with E-state index in [4.69, 9.17) is 0 Å².